The molecule has 3 unspecified atom stereocenters. The van der Waals surface area contributed by atoms with Crippen LogP contribution in [0.5, 0.6) is 0 Å². The molecule has 0 rings (SSSR count). The third kappa shape index (κ3) is 50.3. The van der Waals surface area contributed by atoms with Gasteiger partial charge in [-0.3, -0.25) is 13.8 Å². The van der Waals surface area contributed by atoms with Crippen molar-refractivity contribution in [3.05, 3.63) is 48.6 Å². The van der Waals surface area contributed by atoms with Gasteiger partial charge in [0.2, 0.25) is 5.91 Å². The van der Waals surface area contributed by atoms with Gasteiger partial charge in [0.05, 0.1) is 39.9 Å². The van der Waals surface area contributed by atoms with Crippen molar-refractivity contribution in [2.45, 2.75) is 270 Å². The van der Waals surface area contributed by atoms with Gasteiger partial charge in [0.15, 0.2) is 0 Å². The van der Waals surface area contributed by atoms with Crippen LogP contribution >= 0.6 is 7.82 Å². The second-order valence-electron chi connectivity index (χ2n) is 20.3. The molecule has 0 radical (unpaired) electrons. The fraction of sp³-hybridized carbons (Fsp3) is 0.842. The number of hydrogen-bond donors (Lipinski definition) is 3. The molecule has 0 aromatic rings. The molecule has 0 aromatic heterocycles. The number of quaternary nitrogens is 1. The van der Waals surface area contributed by atoms with Crippen LogP contribution in [0.25, 0.3) is 0 Å². The summed E-state index contributed by atoms with van der Waals surface area (Å²) in [4.78, 5) is 23.3. The Morgan fingerprint density at radius 1 is 0.500 bits per heavy atom. The zero-order valence-electron chi connectivity index (χ0n) is 44.2. The molecule has 0 heterocycles. The highest BCUT2D eigenvalue weighted by molar-refractivity contribution is 7.47. The van der Waals surface area contributed by atoms with Gasteiger partial charge in [-0.05, 0) is 70.6 Å². The van der Waals surface area contributed by atoms with E-state index >= 15 is 0 Å². The molecule has 0 saturated heterocycles. The van der Waals surface area contributed by atoms with Crippen molar-refractivity contribution in [2.24, 2.45) is 0 Å². The first-order valence-electron chi connectivity index (χ1n) is 28.0. The van der Waals surface area contributed by atoms with Crippen LogP contribution in [0, 0.1) is 0 Å². The van der Waals surface area contributed by atoms with Crippen LogP contribution < -0.4 is 5.32 Å². The highest BCUT2D eigenvalue weighted by Crippen LogP contribution is 2.43. The van der Waals surface area contributed by atoms with Gasteiger partial charge in [-0.25, -0.2) is 4.57 Å². The lowest BCUT2D eigenvalue weighted by molar-refractivity contribution is -0.870. The number of aliphatic hydroxyl groups is 1. The lowest BCUT2D eigenvalue weighted by Gasteiger charge is -2.25. The molecule has 3 N–H and O–H groups in total. The van der Waals surface area contributed by atoms with E-state index in [0.717, 1.165) is 44.9 Å². The number of aliphatic hydroxyl groups excluding tert-OH is 1. The summed E-state index contributed by atoms with van der Waals surface area (Å²) in [6.45, 7) is 4.80. The largest absolute Gasteiger partial charge is 0.472 e. The molecule has 0 spiro atoms. The number of allylic oxidation sites excluding steroid dienone is 7. The number of rotatable bonds is 51. The Morgan fingerprint density at radius 3 is 1.21 bits per heavy atom. The quantitative estimate of drug-likeness (QED) is 0.0243. The molecule has 1 amide bonds. The zero-order valence-corrected chi connectivity index (χ0v) is 45.1. The van der Waals surface area contributed by atoms with Gasteiger partial charge in [0.25, 0.3) is 0 Å². The summed E-state index contributed by atoms with van der Waals surface area (Å²) in [6, 6.07) is -0.872. The van der Waals surface area contributed by atoms with Crippen molar-refractivity contribution in [1.82, 2.24) is 5.32 Å². The topological polar surface area (TPSA) is 105 Å². The summed E-state index contributed by atoms with van der Waals surface area (Å²) in [7, 11) is 1.55. The van der Waals surface area contributed by atoms with E-state index in [-0.39, 0.29) is 19.1 Å². The van der Waals surface area contributed by atoms with E-state index in [2.05, 4.69) is 55.6 Å². The van der Waals surface area contributed by atoms with E-state index in [1.807, 2.05) is 27.2 Å². The van der Waals surface area contributed by atoms with Gasteiger partial charge in [-0.1, -0.05) is 229 Å². The van der Waals surface area contributed by atoms with Crippen molar-refractivity contribution >= 4 is 13.7 Å². The predicted molar refractivity (Wildman–Crippen MR) is 286 cm³/mol. The van der Waals surface area contributed by atoms with Gasteiger partial charge in [-0.2, -0.15) is 0 Å². The lowest BCUT2D eigenvalue weighted by atomic mass is 10.0. The van der Waals surface area contributed by atoms with Crippen LogP contribution in [-0.4, -0.2) is 73.4 Å². The van der Waals surface area contributed by atoms with Crippen molar-refractivity contribution in [3.63, 3.8) is 0 Å². The fourth-order valence-corrected chi connectivity index (χ4v) is 8.81. The standard InChI is InChI=1S/C57H109N2O6P/c1-6-8-10-12-14-16-18-20-22-24-26-27-28-29-30-31-33-34-36-38-40-42-44-46-48-50-56(60)55(54-65-66(62,63)64-53-52-59(3,4)5)58-57(61)51-49-47-45-43-41-39-37-35-32-25-23-21-19-17-15-13-11-9-7-2/h21,23,33-34,40,42,48,50,55-56,60H,6-20,22,24-32,35-39,41,43-47,49,51-54H2,1-5H3,(H-,58,61,62,63)/p+1/b23-21-,34-33+,42-40+,50-48+. The third-order valence-electron chi connectivity index (χ3n) is 12.5. The highest BCUT2D eigenvalue weighted by Gasteiger charge is 2.27. The Labute approximate surface area is 409 Å². The Kier molecular flexibility index (Phi) is 47.4. The van der Waals surface area contributed by atoms with Crippen LogP contribution in [0.2, 0.25) is 0 Å². The SMILES string of the molecule is CCCCCCCC/C=C\CCCCCCCCCCCC(=O)NC(COP(=O)(O)OCC[N+](C)(C)C)C(O)/C=C/CC/C=C/CC/C=C/CCCCCCCCCCCCCCCCC. The smallest absolute Gasteiger partial charge is 0.387 e. The first-order chi connectivity index (χ1) is 32.0. The van der Waals surface area contributed by atoms with Crippen LogP contribution in [0.15, 0.2) is 48.6 Å². The number of nitrogens with zero attached hydrogens (tertiary/aromatic N) is 1. The maximum Gasteiger partial charge on any atom is 0.472 e. The van der Waals surface area contributed by atoms with Crippen molar-refractivity contribution in [1.29, 1.82) is 0 Å². The van der Waals surface area contributed by atoms with Crippen molar-refractivity contribution in [3.8, 4) is 0 Å². The number of hydrogen-bond acceptors (Lipinski definition) is 5. The maximum absolute atomic E-state index is 13.0. The molecule has 388 valence electrons. The number of carbonyl (C=O) groups is 1. The molecule has 8 nitrogen and oxygen atoms in total. The van der Waals surface area contributed by atoms with E-state index in [1.165, 1.54) is 193 Å². The molecule has 0 saturated carbocycles. The second-order valence-corrected chi connectivity index (χ2v) is 21.7. The second kappa shape index (κ2) is 48.5. The Balaban J connectivity index is 4.31. The molecule has 0 bridgehead atoms. The Morgan fingerprint density at radius 2 is 0.833 bits per heavy atom. The molecule has 9 heteroatoms. The van der Waals surface area contributed by atoms with E-state index < -0.39 is 20.0 Å². The first-order valence-corrected chi connectivity index (χ1v) is 29.5. The molecule has 66 heavy (non-hydrogen) atoms. The number of likely N-dealkylation sites (N-methyl/N-ethyl adjacent to an activating group) is 1. The van der Waals surface area contributed by atoms with Crippen LogP contribution in [-0.2, 0) is 18.4 Å². The van der Waals surface area contributed by atoms with E-state index in [1.54, 1.807) is 6.08 Å². The summed E-state index contributed by atoms with van der Waals surface area (Å²) < 4.78 is 23.7. The number of carbonyl (C=O) groups excluding carboxylic acids is 1. The number of phosphoric ester groups is 1. The third-order valence-corrected chi connectivity index (χ3v) is 13.5. The van der Waals surface area contributed by atoms with E-state index in [4.69, 9.17) is 9.05 Å². The summed E-state index contributed by atoms with van der Waals surface area (Å²) >= 11 is 0. The number of amides is 1. The summed E-state index contributed by atoms with van der Waals surface area (Å²) in [5.74, 6) is -0.192. The zero-order chi connectivity index (χ0) is 48.5. The number of phosphoric acid groups is 1. The normalized spacial score (nSPS) is 14.3. The van der Waals surface area contributed by atoms with Gasteiger partial charge in [0, 0.05) is 6.42 Å². The minimum atomic E-state index is -4.36. The average Bonchev–Trinajstić information content (AvgIpc) is 3.28. The summed E-state index contributed by atoms with van der Waals surface area (Å²) in [6.07, 6.45) is 63.5. The van der Waals surface area contributed by atoms with Crippen LogP contribution in [0.1, 0.15) is 258 Å². The Hall–Kier alpha value is -1.54. The summed E-state index contributed by atoms with van der Waals surface area (Å²) in [5, 5.41) is 13.9. The fourth-order valence-electron chi connectivity index (χ4n) is 8.07. The highest BCUT2D eigenvalue weighted by atomic mass is 31.2. The molecular formula is C57H110N2O6P+. The summed E-state index contributed by atoms with van der Waals surface area (Å²) in [5.41, 5.74) is 0. The minimum absolute atomic E-state index is 0.0527. The first kappa shape index (κ1) is 64.5. The van der Waals surface area contributed by atoms with Crippen molar-refractivity contribution < 1.29 is 32.9 Å². The van der Waals surface area contributed by atoms with E-state index in [0.29, 0.717) is 17.4 Å². The minimum Gasteiger partial charge on any atom is -0.387 e. The maximum atomic E-state index is 13.0. The lowest BCUT2D eigenvalue weighted by Crippen LogP contribution is -2.45. The predicted octanol–water partition coefficient (Wildman–Crippen LogP) is 16.8. The molecule has 3 atom stereocenters. The van der Waals surface area contributed by atoms with Crippen LogP contribution in [0.3, 0.4) is 0 Å². The van der Waals surface area contributed by atoms with E-state index in [9.17, 15) is 19.4 Å². The van der Waals surface area contributed by atoms with Crippen molar-refractivity contribution in [2.75, 3.05) is 40.9 Å². The molecule has 0 aliphatic carbocycles. The van der Waals surface area contributed by atoms with Gasteiger partial charge in [0.1, 0.15) is 13.2 Å². The molecule has 0 aliphatic heterocycles. The number of nitrogens with one attached hydrogen (secondary N) is 1. The number of unbranched alkanes of at least 4 members (excludes halogenated alkanes) is 32. The molecular weight excluding hydrogens is 840 g/mol. The molecule has 0 aliphatic rings. The Bertz CT molecular complexity index is 1210. The van der Waals surface area contributed by atoms with Gasteiger partial charge < -0.3 is 19.8 Å². The average molecular weight is 950 g/mol. The molecule has 0 aromatic carbocycles. The van der Waals surface area contributed by atoms with Gasteiger partial charge >= 0.3 is 7.82 Å². The molecule has 0 fully saturated rings. The monoisotopic (exact) mass is 950 g/mol. The van der Waals surface area contributed by atoms with Gasteiger partial charge in [-0.15, -0.1) is 0 Å². The van der Waals surface area contributed by atoms with Crippen LogP contribution in [0.4, 0.5) is 0 Å².